The topological polar surface area (TPSA) is 41.1 Å². The third kappa shape index (κ3) is 4.72. The lowest BCUT2D eigenvalue weighted by molar-refractivity contribution is 0.240. The van der Waals surface area contributed by atoms with Crippen molar-refractivity contribution in [3.63, 3.8) is 0 Å². The highest BCUT2D eigenvalue weighted by atomic mass is 16.2. The average Bonchev–Trinajstić information content (AvgIpc) is 2.66. The van der Waals surface area contributed by atoms with Crippen molar-refractivity contribution in [1.82, 2.24) is 10.6 Å². The zero-order chi connectivity index (χ0) is 17.5. The fraction of sp³-hybridized carbons (Fsp3) is 0.318. The molecule has 2 aromatic carbocycles. The minimum atomic E-state index is -0.170. The number of hydrogen-bond donors (Lipinski definition) is 2. The van der Waals surface area contributed by atoms with Gasteiger partial charge < -0.3 is 10.6 Å². The van der Waals surface area contributed by atoms with Crippen LogP contribution in [0.1, 0.15) is 54.5 Å². The van der Waals surface area contributed by atoms with Gasteiger partial charge in [0.1, 0.15) is 0 Å². The van der Waals surface area contributed by atoms with Crippen LogP contribution in [0, 0.1) is 0 Å². The second-order valence-electron chi connectivity index (χ2n) is 6.56. The van der Waals surface area contributed by atoms with E-state index in [1.165, 1.54) is 36.0 Å². The highest BCUT2D eigenvalue weighted by Gasteiger charge is 2.15. The molecule has 0 bridgehead atoms. The first-order valence-electron chi connectivity index (χ1n) is 9.16. The SMILES string of the molecule is CCC(NC(=O)N/C=C/c1ccccc1)c1ccc2c(c1)CCCC2. The molecule has 1 atom stereocenters. The molecule has 0 saturated heterocycles. The molecular formula is C22H26N2O. The van der Waals surface area contributed by atoms with Gasteiger partial charge in [-0.05, 0) is 60.4 Å². The number of benzene rings is 2. The zero-order valence-electron chi connectivity index (χ0n) is 14.8. The molecule has 0 aliphatic heterocycles. The molecule has 2 aromatic rings. The van der Waals surface area contributed by atoms with Crippen molar-refractivity contribution < 1.29 is 4.79 Å². The van der Waals surface area contributed by atoms with Gasteiger partial charge in [-0.3, -0.25) is 0 Å². The van der Waals surface area contributed by atoms with Crippen LogP contribution in [0.5, 0.6) is 0 Å². The molecule has 3 heteroatoms. The van der Waals surface area contributed by atoms with Crippen LogP contribution >= 0.6 is 0 Å². The number of carbonyl (C=O) groups is 1. The molecule has 0 aromatic heterocycles. The average molecular weight is 334 g/mol. The van der Waals surface area contributed by atoms with Gasteiger partial charge in [-0.15, -0.1) is 0 Å². The Morgan fingerprint density at radius 1 is 1.08 bits per heavy atom. The maximum Gasteiger partial charge on any atom is 0.319 e. The largest absolute Gasteiger partial charge is 0.331 e. The second-order valence-corrected chi connectivity index (χ2v) is 6.56. The Bertz CT molecular complexity index is 737. The number of rotatable bonds is 5. The van der Waals surface area contributed by atoms with Gasteiger partial charge in [0.05, 0.1) is 6.04 Å². The molecule has 3 nitrogen and oxygen atoms in total. The van der Waals surface area contributed by atoms with Crippen molar-refractivity contribution in [2.75, 3.05) is 0 Å². The molecule has 0 radical (unpaired) electrons. The number of amides is 2. The van der Waals surface area contributed by atoms with E-state index in [-0.39, 0.29) is 12.1 Å². The highest BCUT2D eigenvalue weighted by Crippen LogP contribution is 2.26. The van der Waals surface area contributed by atoms with Crippen LogP contribution in [0.4, 0.5) is 4.79 Å². The Hall–Kier alpha value is -2.55. The molecule has 1 unspecified atom stereocenters. The lowest BCUT2D eigenvalue weighted by Crippen LogP contribution is -2.35. The van der Waals surface area contributed by atoms with Crippen molar-refractivity contribution in [2.45, 2.75) is 45.1 Å². The normalized spacial score (nSPS) is 14.8. The Balaban J connectivity index is 1.60. The van der Waals surface area contributed by atoms with Gasteiger partial charge in [-0.1, -0.05) is 55.5 Å². The first-order valence-corrected chi connectivity index (χ1v) is 9.16. The summed E-state index contributed by atoms with van der Waals surface area (Å²) in [6.45, 7) is 2.10. The molecule has 2 amide bonds. The Kier molecular flexibility index (Phi) is 5.89. The van der Waals surface area contributed by atoms with Crippen LogP contribution in [0.2, 0.25) is 0 Å². The van der Waals surface area contributed by atoms with E-state index in [2.05, 4.69) is 35.8 Å². The van der Waals surface area contributed by atoms with E-state index in [0.717, 1.165) is 18.4 Å². The summed E-state index contributed by atoms with van der Waals surface area (Å²) in [4.78, 5) is 12.2. The van der Waals surface area contributed by atoms with Gasteiger partial charge in [-0.2, -0.15) is 0 Å². The van der Waals surface area contributed by atoms with E-state index in [1.54, 1.807) is 6.20 Å². The van der Waals surface area contributed by atoms with Crippen LogP contribution in [-0.4, -0.2) is 6.03 Å². The quantitative estimate of drug-likeness (QED) is 0.795. The summed E-state index contributed by atoms with van der Waals surface area (Å²) in [5.74, 6) is 0. The first kappa shape index (κ1) is 17.3. The molecule has 25 heavy (non-hydrogen) atoms. The first-order chi connectivity index (χ1) is 12.3. The summed E-state index contributed by atoms with van der Waals surface area (Å²) >= 11 is 0. The number of urea groups is 1. The molecule has 0 heterocycles. The number of fused-ring (bicyclic) bond motifs is 1. The fourth-order valence-corrected chi connectivity index (χ4v) is 3.37. The molecule has 0 spiro atoms. The summed E-state index contributed by atoms with van der Waals surface area (Å²) in [6, 6.07) is 16.5. The fourth-order valence-electron chi connectivity index (χ4n) is 3.37. The van der Waals surface area contributed by atoms with Gasteiger partial charge in [0.25, 0.3) is 0 Å². The van der Waals surface area contributed by atoms with Crippen LogP contribution in [0.3, 0.4) is 0 Å². The van der Waals surface area contributed by atoms with Gasteiger partial charge in [0.2, 0.25) is 0 Å². The molecule has 3 rings (SSSR count). The van der Waals surface area contributed by atoms with Crippen molar-refractivity contribution in [1.29, 1.82) is 0 Å². The standard InChI is InChI=1S/C22H26N2O/c1-2-21(20-13-12-18-10-6-7-11-19(18)16-20)24-22(25)23-15-14-17-8-4-3-5-9-17/h3-5,8-9,12-16,21H,2,6-7,10-11H2,1H3,(H2,23,24,25)/b15-14+. The van der Waals surface area contributed by atoms with E-state index in [0.29, 0.717) is 0 Å². The highest BCUT2D eigenvalue weighted by molar-refractivity contribution is 5.76. The molecule has 0 fully saturated rings. The summed E-state index contributed by atoms with van der Waals surface area (Å²) in [6.07, 6.45) is 9.35. The molecule has 1 aliphatic carbocycles. The molecule has 1 aliphatic rings. The summed E-state index contributed by atoms with van der Waals surface area (Å²) in [7, 11) is 0. The third-order valence-corrected chi connectivity index (χ3v) is 4.78. The zero-order valence-corrected chi connectivity index (χ0v) is 14.8. The van der Waals surface area contributed by atoms with E-state index in [1.807, 2.05) is 36.4 Å². The van der Waals surface area contributed by atoms with Gasteiger partial charge >= 0.3 is 6.03 Å². The Morgan fingerprint density at radius 3 is 2.60 bits per heavy atom. The van der Waals surface area contributed by atoms with E-state index < -0.39 is 0 Å². The minimum Gasteiger partial charge on any atom is -0.331 e. The number of nitrogens with one attached hydrogen (secondary N) is 2. The minimum absolute atomic E-state index is 0.0392. The van der Waals surface area contributed by atoms with Gasteiger partial charge in [-0.25, -0.2) is 4.79 Å². The van der Waals surface area contributed by atoms with E-state index in [9.17, 15) is 4.79 Å². The van der Waals surface area contributed by atoms with Crippen LogP contribution in [0.15, 0.2) is 54.7 Å². The predicted octanol–water partition coefficient (Wildman–Crippen LogP) is 4.99. The molecular weight excluding hydrogens is 308 g/mol. The Morgan fingerprint density at radius 2 is 1.84 bits per heavy atom. The third-order valence-electron chi connectivity index (χ3n) is 4.78. The summed E-state index contributed by atoms with van der Waals surface area (Å²) in [5, 5.41) is 5.87. The van der Waals surface area contributed by atoms with Crippen molar-refractivity contribution >= 4 is 12.1 Å². The lowest BCUT2D eigenvalue weighted by atomic mass is 9.89. The maximum absolute atomic E-state index is 12.2. The number of aryl methyl sites for hydroxylation is 2. The summed E-state index contributed by atoms with van der Waals surface area (Å²) in [5.41, 5.74) is 5.18. The van der Waals surface area contributed by atoms with Crippen molar-refractivity contribution in [3.05, 3.63) is 77.0 Å². The molecule has 0 saturated carbocycles. The predicted molar refractivity (Wildman–Crippen MR) is 103 cm³/mol. The Labute approximate surface area is 150 Å². The number of carbonyl (C=O) groups excluding carboxylic acids is 1. The second kappa shape index (κ2) is 8.52. The van der Waals surface area contributed by atoms with Crippen LogP contribution in [-0.2, 0) is 12.8 Å². The van der Waals surface area contributed by atoms with E-state index >= 15 is 0 Å². The van der Waals surface area contributed by atoms with Crippen LogP contribution in [0.25, 0.3) is 6.08 Å². The molecule has 2 N–H and O–H groups in total. The number of hydrogen-bond acceptors (Lipinski definition) is 1. The van der Waals surface area contributed by atoms with Gasteiger partial charge in [0, 0.05) is 6.20 Å². The smallest absolute Gasteiger partial charge is 0.319 e. The van der Waals surface area contributed by atoms with Crippen LogP contribution < -0.4 is 10.6 Å². The lowest BCUT2D eigenvalue weighted by Gasteiger charge is -2.21. The van der Waals surface area contributed by atoms with Gasteiger partial charge in [0.15, 0.2) is 0 Å². The summed E-state index contributed by atoms with van der Waals surface area (Å²) < 4.78 is 0. The van der Waals surface area contributed by atoms with E-state index in [4.69, 9.17) is 0 Å². The monoisotopic (exact) mass is 334 g/mol. The van der Waals surface area contributed by atoms with Crippen molar-refractivity contribution in [3.8, 4) is 0 Å². The molecule has 130 valence electrons. The van der Waals surface area contributed by atoms with Crippen molar-refractivity contribution in [2.24, 2.45) is 0 Å². The maximum atomic E-state index is 12.2.